The third kappa shape index (κ3) is 6.89. The van der Waals surface area contributed by atoms with Crippen molar-refractivity contribution in [1.82, 2.24) is 0 Å². The van der Waals surface area contributed by atoms with E-state index >= 15 is 0 Å². The lowest BCUT2D eigenvalue weighted by Crippen LogP contribution is -2.30. The van der Waals surface area contributed by atoms with E-state index in [1.807, 2.05) is 42.5 Å². The number of nitrogens with one attached hydrogen (secondary N) is 2. The number of benzene rings is 3. The predicted octanol–water partition coefficient (Wildman–Crippen LogP) is 4.67. The number of carbonyl (C=O) groups excluding carboxylic acids is 2. The highest BCUT2D eigenvalue weighted by Gasteiger charge is 2.15. The van der Waals surface area contributed by atoms with E-state index in [4.69, 9.17) is 9.47 Å². The molecule has 1 atom stereocenters. The minimum absolute atomic E-state index is 0.109. The molecule has 1 unspecified atom stereocenters. The molecule has 0 fully saturated rings. The Morgan fingerprint density at radius 3 is 2.19 bits per heavy atom. The molecule has 160 valence electrons. The third-order valence-corrected chi connectivity index (χ3v) is 4.54. The summed E-state index contributed by atoms with van der Waals surface area (Å²) in [4.78, 5) is 24.6. The first-order chi connectivity index (χ1) is 15.0. The lowest BCUT2D eigenvalue weighted by Gasteiger charge is -2.15. The number of rotatable bonds is 9. The van der Waals surface area contributed by atoms with Crippen LogP contribution in [0.4, 0.5) is 11.4 Å². The molecular weight excluding hydrogens is 392 g/mol. The highest BCUT2D eigenvalue weighted by Crippen LogP contribution is 2.18. The standard InChI is InChI=1S/C25H26N2O4/c1-3-19-12-14-23(15-13-19)31-18(2)25(29)27-21-9-7-8-20(16-21)26-24(28)17-30-22-10-5-4-6-11-22/h4-16,18H,3,17H2,1-2H3,(H,26,28)(H,27,29). The molecule has 6 heteroatoms. The molecule has 2 N–H and O–H groups in total. The van der Waals surface area contributed by atoms with Crippen LogP contribution in [-0.4, -0.2) is 24.5 Å². The van der Waals surface area contributed by atoms with Gasteiger partial charge in [-0.2, -0.15) is 0 Å². The van der Waals surface area contributed by atoms with Gasteiger partial charge in [0.2, 0.25) is 0 Å². The molecule has 0 aliphatic carbocycles. The minimum Gasteiger partial charge on any atom is -0.484 e. The molecule has 0 aromatic heterocycles. The van der Waals surface area contributed by atoms with Crippen molar-refractivity contribution in [2.75, 3.05) is 17.2 Å². The average molecular weight is 418 g/mol. The van der Waals surface area contributed by atoms with Crippen LogP contribution in [-0.2, 0) is 16.0 Å². The number of para-hydroxylation sites is 1. The SMILES string of the molecule is CCc1ccc(OC(C)C(=O)Nc2cccc(NC(=O)COc3ccccc3)c2)cc1. The summed E-state index contributed by atoms with van der Waals surface area (Å²) in [5.74, 6) is 0.686. The summed E-state index contributed by atoms with van der Waals surface area (Å²) < 4.78 is 11.2. The van der Waals surface area contributed by atoms with Crippen molar-refractivity contribution in [2.45, 2.75) is 26.4 Å². The molecule has 0 radical (unpaired) electrons. The van der Waals surface area contributed by atoms with E-state index in [9.17, 15) is 9.59 Å². The molecule has 3 aromatic carbocycles. The number of anilines is 2. The summed E-state index contributed by atoms with van der Waals surface area (Å²) in [7, 11) is 0. The van der Waals surface area contributed by atoms with Crippen LogP contribution in [0.2, 0.25) is 0 Å². The zero-order valence-electron chi connectivity index (χ0n) is 17.6. The molecule has 0 heterocycles. The maximum absolute atomic E-state index is 12.5. The molecule has 2 amide bonds. The molecule has 0 aliphatic rings. The van der Waals surface area contributed by atoms with E-state index in [1.54, 1.807) is 43.3 Å². The van der Waals surface area contributed by atoms with Crippen LogP contribution >= 0.6 is 0 Å². The van der Waals surface area contributed by atoms with E-state index in [0.717, 1.165) is 6.42 Å². The van der Waals surface area contributed by atoms with Crippen LogP contribution in [0.5, 0.6) is 11.5 Å². The molecule has 0 saturated carbocycles. The third-order valence-electron chi connectivity index (χ3n) is 4.54. The summed E-state index contributed by atoms with van der Waals surface area (Å²) in [6.45, 7) is 3.66. The Morgan fingerprint density at radius 1 is 0.839 bits per heavy atom. The average Bonchev–Trinajstić information content (AvgIpc) is 2.79. The highest BCUT2D eigenvalue weighted by atomic mass is 16.5. The number of carbonyl (C=O) groups is 2. The van der Waals surface area contributed by atoms with Gasteiger partial charge in [-0.25, -0.2) is 0 Å². The van der Waals surface area contributed by atoms with Gasteiger partial charge in [-0.05, 0) is 61.4 Å². The van der Waals surface area contributed by atoms with Crippen LogP contribution in [0, 0.1) is 0 Å². The first kappa shape index (κ1) is 21.9. The van der Waals surface area contributed by atoms with Gasteiger partial charge in [0.1, 0.15) is 11.5 Å². The van der Waals surface area contributed by atoms with Gasteiger partial charge >= 0.3 is 0 Å². The second kappa shape index (κ2) is 10.8. The van der Waals surface area contributed by atoms with Gasteiger partial charge in [0.05, 0.1) is 0 Å². The number of ether oxygens (including phenoxy) is 2. The van der Waals surface area contributed by atoms with Gasteiger partial charge in [-0.1, -0.05) is 43.3 Å². The largest absolute Gasteiger partial charge is 0.484 e. The summed E-state index contributed by atoms with van der Waals surface area (Å²) >= 11 is 0. The molecule has 0 spiro atoms. The van der Waals surface area contributed by atoms with Gasteiger partial charge in [0, 0.05) is 11.4 Å². The molecule has 0 aliphatic heterocycles. The molecule has 0 bridgehead atoms. The Labute approximate surface area is 182 Å². The van der Waals surface area contributed by atoms with Crippen molar-refractivity contribution >= 4 is 23.2 Å². The van der Waals surface area contributed by atoms with Crippen molar-refractivity contribution < 1.29 is 19.1 Å². The van der Waals surface area contributed by atoms with Crippen molar-refractivity contribution in [1.29, 1.82) is 0 Å². The Kier molecular flexibility index (Phi) is 7.65. The quantitative estimate of drug-likeness (QED) is 0.529. The molecule has 0 saturated heterocycles. The Hall–Kier alpha value is -3.80. The van der Waals surface area contributed by atoms with Crippen LogP contribution in [0.15, 0.2) is 78.9 Å². The summed E-state index contributed by atoms with van der Waals surface area (Å²) in [5.41, 5.74) is 2.32. The van der Waals surface area contributed by atoms with Crippen LogP contribution in [0.3, 0.4) is 0 Å². The lowest BCUT2D eigenvalue weighted by molar-refractivity contribution is -0.122. The van der Waals surface area contributed by atoms with E-state index in [-0.39, 0.29) is 18.4 Å². The first-order valence-corrected chi connectivity index (χ1v) is 10.2. The zero-order chi connectivity index (χ0) is 22.1. The van der Waals surface area contributed by atoms with Crippen molar-refractivity contribution in [3.8, 4) is 11.5 Å². The van der Waals surface area contributed by atoms with Crippen molar-refractivity contribution in [3.05, 3.63) is 84.4 Å². The predicted molar refractivity (Wildman–Crippen MR) is 122 cm³/mol. The fraction of sp³-hybridized carbons (Fsp3) is 0.200. The van der Waals surface area contributed by atoms with E-state index in [0.29, 0.717) is 22.9 Å². The number of aryl methyl sites for hydroxylation is 1. The Morgan fingerprint density at radius 2 is 1.52 bits per heavy atom. The van der Waals surface area contributed by atoms with Gasteiger partial charge in [-0.3, -0.25) is 9.59 Å². The smallest absolute Gasteiger partial charge is 0.265 e. The Bertz CT molecular complexity index is 1000. The first-order valence-electron chi connectivity index (χ1n) is 10.2. The van der Waals surface area contributed by atoms with Crippen LogP contribution in [0.1, 0.15) is 19.4 Å². The lowest BCUT2D eigenvalue weighted by atomic mass is 10.2. The van der Waals surface area contributed by atoms with Crippen LogP contribution in [0.25, 0.3) is 0 Å². The van der Waals surface area contributed by atoms with Gasteiger partial charge in [0.15, 0.2) is 12.7 Å². The fourth-order valence-electron chi connectivity index (χ4n) is 2.84. The van der Waals surface area contributed by atoms with Gasteiger partial charge < -0.3 is 20.1 Å². The zero-order valence-corrected chi connectivity index (χ0v) is 17.6. The monoisotopic (exact) mass is 418 g/mol. The number of hydrogen-bond acceptors (Lipinski definition) is 4. The van der Waals surface area contributed by atoms with E-state index < -0.39 is 6.10 Å². The van der Waals surface area contributed by atoms with Crippen LogP contribution < -0.4 is 20.1 Å². The highest BCUT2D eigenvalue weighted by molar-refractivity contribution is 5.96. The van der Waals surface area contributed by atoms with E-state index in [2.05, 4.69) is 17.6 Å². The topological polar surface area (TPSA) is 76.7 Å². The molecular formula is C25H26N2O4. The maximum Gasteiger partial charge on any atom is 0.265 e. The molecule has 3 aromatic rings. The summed E-state index contributed by atoms with van der Waals surface area (Å²) in [6, 6.07) is 23.7. The summed E-state index contributed by atoms with van der Waals surface area (Å²) in [6.07, 6.45) is 0.270. The summed E-state index contributed by atoms with van der Waals surface area (Å²) in [5, 5.41) is 5.57. The second-order valence-electron chi connectivity index (χ2n) is 6.98. The molecule has 3 rings (SSSR count). The fourth-order valence-corrected chi connectivity index (χ4v) is 2.84. The van der Waals surface area contributed by atoms with E-state index in [1.165, 1.54) is 5.56 Å². The number of hydrogen-bond donors (Lipinski definition) is 2. The second-order valence-corrected chi connectivity index (χ2v) is 6.98. The normalized spacial score (nSPS) is 11.3. The minimum atomic E-state index is -0.676. The van der Waals surface area contributed by atoms with Gasteiger partial charge in [-0.15, -0.1) is 0 Å². The van der Waals surface area contributed by atoms with Crippen molar-refractivity contribution in [3.63, 3.8) is 0 Å². The molecule has 31 heavy (non-hydrogen) atoms. The number of amides is 2. The Balaban J connectivity index is 1.51. The maximum atomic E-state index is 12.5. The van der Waals surface area contributed by atoms with Crippen molar-refractivity contribution in [2.24, 2.45) is 0 Å². The molecule has 6 nitrogen and oxygen atoms in total. The van der Waals surface area contributed by atoms with Gasteiger partial charge in [0.25, 0.3) is 11.8 Å².